The van der Waals surface area contributed by atoms with Crippen LogP contribution in [0.25, 0.3) is 0 Å². The summed E-state index contributed by atoms with van der Waals surface area (Å²) < 4.78 is 37.0. The van der Waals surface area contributed by atoms with E-state index in [9.17, 15) is 13.2 Å². The summed E-state index contributed by atoms with van der Waals surface area (Å²) in [7, 11) is 0. The fourth-order valence-corrected chi connectivity index (χ4v) is 1.75. The number of alkyl halides is 3. The molecule has 2 rings (SSSR count). The van der Waals surface area contributed by atoms with Crippen LogP contribution in [0.5, 0.6) is 0 Å². The fourth-order valence-electron chi connectivity index (χ4n) is 1.56. The van der Waals surface area contributed by atoms with Crippen LogP contribution in [0.1, 0.15) is 13.3 Å². The second-order valence-corrected chi connectivity index (χ2v) is 3.96. The standard InChI is InChI=1S/C9H8ClF3N2/c1-4-2-6-7(3-5(4)10)15-8(14-6)9(11,12)13/h3,6H,2H2,1H3,(H,14,15). The summed E-state index contributed by atoms with van der Waals surface area (Å²) in [6, 6.07) is -0.455. The largest absolute Gasteiger partial charge is 0.449 e. The van der Waals surface area contributed by atoms with Gasteiger partial charge in [-0.05, 0) is 19.4 Å². The summed E-state index contributed by atoms with van der Waals surface area (Å²) in [5, 5.41) is 2.74. The quantitative estimate of drug-likeness (QED) is 0.687. The van der Waals surface area contributed by atoms with Crippen LogP contribution >= 0.6 is 11.6 Å². The zero-order chi connectivity index (χ0) is 11.2. The Morgan fingerprint density at radius 2 is 2.20 bits per heavy atom. The summed E-state index contributed by atoms with van der Waals surface area (Å²) >= 11 is 5.83. The van der Waals surface area contributed by atoms with Crippen LogP contribution in [0.15, 0.2) is 27.4 Å². The number of aliphatic imine (C=N–C) groups is 1. The second-order valence-electron chi connectivity index (χ2n) is 3.55. The van der Waals surface area contributed by atoms with Crippen LogP contribution in [0.2, 0.25) is 0 Å². The smallest absolute Gasteiger partial charge is 0.338 e. The zero-order valence-corrected chi connectivity index (χ0v) is 8.58. The van der Waals surface area contributed by atoms with Crippen molar-refractivity contribution in [3.05, 3.63) is 22.4 Å². The minimum atomic E-state index is -4.42. The highest BCUT2D eigenvalue weighted by Gasteiger charge is 2.42. The Morgan fingerprint density at radius 3 is 2.80 bits per heavy atom. The Hall–Kier alpha value is -0.970. The molecular formula is C9H8ClF3N2. The molecule has 0 saturated carbocycles. The summed E-state index contributed by atoms with van der Waals surface area (Å²) in [5.41, 5.74) is 1.29. The lowest BCUT2D eigenvalue weighted by Gasteiger charge is -2.16. The molecule has 1 aliphatic carbocycles. The molecule has 0 saturated heterocycles. The van der Waals surface area contributed by atoms with Gasteiger partial charge in [-0.2, -0.15) is 13.2 Å². The molecule has 1 N–H and O–H groups in total. The van der Waals surface area contributed by atoms with Crippen LogP contribution < -0.4 is 5.32 Å². The summed E-state index contributed by atoms with van der Waals surface area (Å²) in [6.07, 6.45) is -2.47. The number of nitrogens with one attached hydrogen (secondary N) is 1. The highest BCUT2D eigenvalue weighted by Crippen LogP contribution is 2.32. The first-order valence-electron chi connectivity index (χ1n) is 4.37. The molecule has 1 heterocycles. The first kappa shape index (κ1) is 10.5. The van der Waals surface area contributed by atoms with Crippen molar-refractivity contribution in [2.24, 2.45) is 4.99 Å². The molecule has 0 aromatic rings. The maximum absolute atomic E-state index is 12.3. The Balaban J connectivity index is 2.26. The molecule has 1 atom stereocenters. The highest BCUT2D eigenvalue weighted by atomic mass is 35.5. The SMILES string of the molecule is CC1=C(Cl)C=C2NC(C(F)(F)F)=NC2C1. The van der Waals surface area contributed by atoms with E-state index in [1.807, 2.05) is 0 Å². The monoisotopic (exact) mass is 236 g/mol. The van der Waals surface area contributed by atoms with Crippen molar-refractivity contribution >= 4 is 17.4 Å². The van der Waals surface area contributed by atoms with Gasteiger partial charge in [-0.15, -0.1) is 0 Å². The van der Waals surface area contributed by atoms with E-state index in [4.69, 9.17) is 11.6 Å². The molecular weight excluding hydrogens is 229 g/mol. The van der Waals surface area contributed by atoms with Gasteiger partial charge in [0, 0.05) is 10.7 Å². The normalized spacial score (nSPS) is 25.8. The van der Waals surface area contributed by atoms with Crippen LogP contribution in [-0.4, -0.2) is 18.1 Å². The molecule has 2 nitrogen and oxygen atoms in total. The minimum Gasteiger partial charge on any atom is -0.338 e. The van der Waals surface area contributed by atoms with Gasteiger partial charge in [0.05, 0.1) is 6.04 Å². The average molecular weight is 237 g/mol. The van der Waals surface area contributed by atoms with Crippen molar-refractivity contribution in [1.29, 1.82) is 0 Å². The maximum Gasteiger partial charge on any atom is 0.449 e. The molecule has 0 spiro atoms. The topological polar surface area (TPSA) is 24.4 Å². The number of amidine groups is 1. The zero-order valence-electron chi connectivity index (χ0n) is 7.82. The van der Waals surface area contributed by atoms with E-state index in [1.165, 1.54) is 6.08 Å². The lowest BCUT2D eigenvalue weighted by Crippen LogP contribution is -2.33. The molecule has 1 unspecified atom stereocenters. The van der Waals surface area contributed by atoms with Gasteiger partial charge in [-0.1, -0.05) is 17.2 Å². The molecule has 0 fully saturated rings. The van der Waals surface area contributed by atoms with E-state index >= 15 is 0 Å². The van der Waals surface area contributed by atoms with Gasteiger partial charge in [-0.25, -0.2) is 0 Å². The summed E-state index contributed by atoms with van der Waals surface area (Å²) in [6.45, 7) is 1.79. The van der Waals surface area contributed by atoms with Gasteiger partial charge < -0.3 is 5.32 Å². The van der Waals surface area contributed by atoms with Crippen LogP contribution in [0.4, 0.5) is 13.2 Å². The van der Waals surface area contributed by atoms with Gasteiger partial charge in [0.15, 0.2) is 0 Å². The van der Waals surface area contributed by atoms with E-state index in [2.05, 4.69) is 10.3 Å². The number of nitrogens with zero attached hydrogens (tertiary/aromatic N) is 1. The number of hydrogen-bond donors (Lipinski definition) is 1. The molecule has 2 aliphatic rings. The highest BCUT2D eigenvalue weighted by molar-refractivity contribution is 6.31. The van der Waals surface area contributed by atoms with Crippen molar-refractivity contribution in [1.82, 2.24) is 5.32 Å². The molecule has 0 aromatic carbocycles. The predicted molar refractivity (Wildman–Crippen MR) is 51.7 cm³/mol. The predicted octanol–water partition coefficient (Wildman–Crippen LogP) is 2.72. The number of hydrogen-bond acceptors (Lipinski definition) is 2. The van der Waals surface area contributed by atoms with E-state index in [0.29, 0.717) is 17.2 Å². The Morgan fingerprint density at radius 1 is 1.53 bits per heavy atom. The van der Waals surface area contributed by atoms with Crippen molar-refractivity contribution in [3.63, 3.8) is 0 Å². The van der Waals surface area contributed by atoms with Crippen LogP contribution in [0, 0.1) is 0 Å². The van der Waals surface area contributed by atoms with E-state index < -0.39 is 18.1 Å². The molecule has 0 aromatic heterocycles. The van der Waals surface area contributed by atoms with E-state index in [-0.39, 0.29) is 0 Å². The Kier molecular flexibility index (Phi) is 2.30. The Labute approximate surface area is 89.5 Å². The number of allylic oxidation sites excluding steroid dienone is 2. The van der Waals surface area contributed by atoms with Crippen molar-refractivity contribution < 1.29 is 13.2 Å². The van der Waals surface area contributed by atoms with Gasteiger partial charge in [0.25, 0.3) is 0 Å². The van der Waals surface area contributed by atoms with Crippen LogP contribution in [0.3, 0.4) is 0 Å². The second kappa shape index (κ2) is 3.27. The van der Waals surface area contributed by atoms with E-state index in [0.717, 1.165) is 5.57 Å². The average Bonchev–Trinajstić information content (AvgIpc) is 2.47. The van der Waals surface area contributed by atoms with Gasteiger partial charge in [-0.3, -0.25) is 4.99 Å². The minimum absolute atomic E-state index is 0.429. The molecule has 0 bridgehead atoms. The van der Waals surface area contributed by atoms with Crippen molar-refractivity contribution in [2.45, 2.75) is 25.6 Å². The van der Waals surface area contributed by atoms with Crippen molar-refractivity contribution in [3.8, 4) is 0 Å². The molecule has 0 radical (unpaired) electrons. The van der Waals surface area contributed by atoms with Gasteiger partial charge >= 0.3 is 6.18 Å². The molecule has 6 heteroatoms. The first-order valence-corrected chi connectivity index (χ1v) is 4.74. The fraction of sp³-hybridized carbons (Fsp3) is 0.444. The number of rotatable bonds is 0. The third-order valence-electron chi connectivity index (χ3n) is 2.36. The van der Waals surface area contributed by atoms with Crippen LogP contribution in [-0.2, 0) is 0 Å². The molecule has 0 amide bonds. The lowest BCUT2D eigenvalue weighted by atomic mass is 10.00. The van der Waals surface area contributed by atoms with Crippen molar-refractivity contribution in [2.75, 3.05) is 0 Å². The Bertz CT molecular complexity index is 393. The summed E-state index contributed by atoms with van der Waals surface area (Å²) in [4.78, 5) is 3.59. The molecule has 82 valence electrons. The maximum atomic E-state index is 12.3. The third kappa shape index (κ3) is 1.88. The lowest BCUT2D eigenvalue weighted by molar-refractivity contribution is -0.0609. The van der Waals surface area contributed by atoms with Gasteiger partial charge in [0.2, 0.25) is 5.84 Å². The number of halogens is 4. The van der Waals surface area contributed by atoms with Gasteiger partial charge in [0.1, 0.15) is 0 Å². The summed E-state index contributed by atoms with van der Waals surface area (Å²) in [5.74, 6) is -0.932. The molecule has 1 aliphatic heterocycles. The van der Waals surface area contributed by atoms with E-state index in [1.54, 1.807) is 6.92 Å². The third-order valence-corrected chi connectivity index (χ3v) is 2.80. The molecule has 15 heavy (non-hydrogen) atoms. The number of fused-ring (bicyclic) bond motifs is 1. The first-order chi connectivity index (χ1) is 6.88.